The third kappa shape index (κ3) is 7.14. The van der Waals surface area contributed by atoms with E-state index < -0.39 is 5.97 Å². The molecule has 0 atom stereocenters. The second-order valence-corrected chi connectivity index (χ2v) is 3.98. The van der Waals surface area contributed by atoms with Crippen molar-refractivity contribution < 1.29 is 56.7 Å². The fraction of sp³-hybridized carbons (Fsp3) is 0.357. The van der Waals surface area contributed by atoms with Crippen molar-refractivity contribution in [3.05, 3.63) is 30.0 Å². The van der Waals surface area contributed by atoms with Crippen LogP contribution in [0.2, 0.25) is 0 Å². The molecule has 0 aromatic carbocycles. The van der Waals surface area contributed by atoms with Crippen LogP contribution in [0, 0.1) is 0 Å². The molecule has 0 aliphatic rings. The first-order chi connectivity index (χ1) is 11.1. The Morgan fingerprint density at radius 2 is 2.12 bits per heavy atom. The summed E-state index contributed by atoms with van der Waals surface area (Å²) in [4.78, 5) is 29.4. The van der Waals surface area contributed by atoms with E-state index in [0.717, 1.165) is 0 Å². The summed E-state index contributed by atoms with van der Waals surface area (Å²) < 4.78 is 9.61. The van der Waals surface area contributed by atoms with Crippen molar-refractivity contribution in [3.8, 4) is 0 Å². The molecule has 0 aliphatic heterocycles. The SMILES string of the molecule is CO/C=C(/C(=O)OC)c1cncnc1CO/N=C(\C)[C-]=NOC.[Y]. The quantitative estimate of drug-likeness (QED) is 0.158. The molecule has 0 fully saturated rings. The number of carbonyl (C=O) groups excluding carboxylic acids is 1. The zero-order valence-corrected chi connectivity index (χ0v) is 16.7. The zero-order chi connectivity index (χ0) is 17.1. The first kappa shape index (κ1) is 22.1. The smallest absolute Gasteiger partial charge is 0.341 e. The van der Waals surface area contributed by atoms with Crippen LogP contribution in [0.15, 0.2) is 29.1 Å². The van der Waals surface area contributed by atoms with Crippen molar-refractivity contribution in [3.63, 3.8) is 0 Å². The molecular weight excluding hydrogens is 393 g/mol. The van der Waals surface area contributed by atoms with Gasteiger partial charge in [0.2, 0.25) is 0 Å². The third-order valence-corrected chi connectivity index (χ3v) is 2.43. The minimum atomic E-state index is -0.580. The standard InChI is InChI=1S/C14H17N4O5.Y/c1-10(5-17-22-4)18-23-8-13-11(6-15-9-16-13)12(7-20-2)14(19)21-3;/h6-7,9H,8H2,1-4H3;/q-1;/b12-7+,18-10+;. The van der Waals surface area contributed by atoms with Crippen LogP contribution in [-0.4, -0.2) is 49.2 Å². The van der Waals surface area contributed by atoms with Crippen LogP contribution < -0.4 is 0 Å². The van der Waals surface area contributed by atoms with Crippen molar-refractivity contribution in [2.24, 2.45) is 10.3 Å². The predicted octanol–water partition coefficient (Wildman–Crippen LogP) is 1.04. The van der Waals surface area contributed by atoms with E-state index >= 15 is 0 Å². The summed E-state index contributed by atoms with van der Waals surface area (Å²) in [5, 5.41) is 7.20. The maximum absolute atomic E-state index is 11.8. The van der Waals surface area contributed by atoms with Crippen LogP contribution >= 0.6 is 0 Å². The van der Waals surface area contributed by atoms with Crippen LogP contribution in [0.1, 0.15) is 18.2 Å². The number of methoxy groups -OCH3 is 2. The minimum absolute atomic E-state index is 0. The number of hydrogen-bond acceptors (Lipinski definition) is 9. The van der Waals surface area contributed by atoms with Crippen LogP contribution in [0.3, 0.4) is 0 Å². The Labute approximate surface area is 165 Å². The Morgan fingerprint density at radius 3 is 2.75 bits per heavy atom. The number of aromatic nitrogens is 2. The summed E-state index contributed by atoms with van der Waals surface area (Å²) in [5.41, 5.74) is 1.41. The number of esters is 1. The minimum Gasteiger partial charge on any atom is -0.503 e. The fourth-order valence-electron chi connectivity index (χ4n) is 1.47. The monoisotopic (exact) mass is 410 g/mol. The molecule has 0 unspecified atom stereocenters. The van der Waals surface area contributed by atoms with Gasteiger partial charge in [0.05, 0.1) is 26.2 Å². The molecule has 1 aromatic rings. The maximum Gasteiger partial charge on any atom is 0.341 e. The Kier molecular flexibility index (Phi) is 11.6. The van der Waals surface area contributed by atoms with Crippen molar-refractivity contribution >= 4 is 23.5 Å². The van der Waals surface area contributed by atoms with Crippen LogP contribution in [-0.2, 0) is 63.3 Å². The summed E-state index contributed by atoms with van der Waals surface area (Å²) in [6.07, 6.45) is 6.54. The van der Waals surface area contributed by atoms with Gasteiger partial charge in [-0.25, -0.2) is 14.8 Å². The molecule has 127 valence electrons. The van der Waals surface area contributed by atoms with Gasteiger partial charge in [0, 0.05) is 44.5 Å². The van der Waals surface area contributed by atoms with Crippen molar-refractivity contribution in [1.82, 2.24) is 9.97 Å². The number of ether oxygens (including phenoxy) is 2. The normalized spacial score (nSPS) is 11.7. The first-order valence-electron chi connectivity index (χ1n) is 6.40. The van der Waals surface area contributed by atoms with Crippen LogP contribution in [0.5, 0.6) is 0 Å². The molecule has 0 amide bonds. The Hall–Kier alpha value is -1.87. The number of nitrogens with zero attached hydrogens (tertiary/aromatic N) is 4. The molecule has 0 aliphatic carbocycles. The molecule has 1 aromatic heterocycles. The van der Waals surface area contributed by atoms with Crippen molar-refractivity contribution in [1.29, 1.82) is 0 Å². The Morgan fingerprint density at radius 1 is 1.38 bits per heavy atom. The van der Waals surface area contributed by atoms with E-state index in [9.17, 15) is 4.79 Å². The van der Waals surface area contributed by atoms with Crippen molar-refractivity contribution in [2.75, 3.05) is 21.3 Å². The molecule has 1 heterocycles. The van der Waals surface area contributed by atoms with Crippen molar-refractivity contribution in [2.45, 2.75) is 13.5 Å². The summed E-state index contributed by atoms with van der Waals surface area (Å²) >= 11 is 0. The van der Waals surface area contributed by atoms with Crippen LogP contribution in [0.4, 0.5) is 0 Å². The number of rotatable bonds is 8. The molecule has 24 heavy (non-hydrogen) atoms. The van der Waals surface area contributed by atoms with E-state index in [4.69, 9.17) is 14.3 Å². The molecule has 1 rings (SSSR count). The Bertz CT molecular complexity index is 619. The molecule has 0 saturated carbocycles. The summed E-state index contributed by atoms with van der Waals surface area (Å²) in [6.45, 7) is 1.63. The van der Waals surface area contributed by atoms with E-state index in [0.29, 0.717) is 17.0 Å². The number of hydrogen-bond donors (Lipinski definition) is 0. The average molecular weight is 410 g/mol. The second kappa shape index (κ2) is 12.5. The number of oxime groups is 1. The van der Waals surface area contributed by atoms with Gasteiger partial charge in [-0.3, -0.25) is 0 Å². The first-order valence-corrected chi connectivity index (χ1v) is 6.40. The van der Waals surface area contributed by atoms with E-state index in [-0.39, 0.29) is 44.9 Å². The van der Waals surface area contributed by atoms with Gasteiger partial charge in [-0.2, -0.15) is 0 Å². The summed E-state index contributed by atoms with van der Waals surface area (Å²) in [5.74, 6) is -0.580. The van der Waals surface area contributed by atoms with Gasteiger partial charge >= 0.3 is 5.97 Å². The van der Waals surface area contributed by atoms with Gasteiger partial charge in [-0.15, -0.1) is 5.16 Å². The third-order valence-electron chi connectivity index (χ3n) is 2.43. The molecular formula is C14H17N4O5Y-. The topological polar surface area (TPSA) is 104 Å². The van der Waals surface area contributed by atoms with Gasteiger partial charge in [0.1, 0.15) is 19.0 Å². The average Bonchev–Trinajstić information content (AvgIpc) is 2.57. The molecule has 0 spiro atoms. The molecule has 0 bridgehead atoms. The zero-order valence-electron chi connectivity index (χ0n) is 13.8. The molecule has 9 nitrogen and oxygen atoms in total. The molecule has 0 N–H and O–H groups in total. The van der Waals surface area contributed by atoms with Gasteiger partial charge in [-0.1, -0.05) is 12.6 Å². The van der Waals surface area contributed by atoms with Gasteiger partial charge in [0.15, 0.2) is 6.61 Å². The maximum atomic E-state index is 11.8. The second-order valence-electron chi connectivity index (χ2n) is 3.98. The molecule has 0 saturated heterocycles. The van der Waals surface area contributed by atoms with E-state index in [1.807, 2.05) is 0 Å². The molecule has 1 radical (unpaired) electrons. The van der Waals surface area contributed by atoms with Gasteiger partial charge < -0.3 is 30.5 Å². The van der Waals surface area contributed by atoms with Gasteiger partial charge in [-0.05, 0) is 0 Å². The largest absolute Gasteiger partial charge is 0.503 e. The number of carbonyl (C=O) groups is 1. The fourth-order valence-corrected chi connectivity index (χ4v) is 1.47. The van der Waals surface area contributed by atoms with Gasteiger partial charge in [0.25, 0.3) is 0 Å². The molecule has 10 heteroatoms. The summed E-state index contributed by atoms with van der Waals surface area (Å²) in [7, 11) is 4.08. The van der Waals surface area contributed by atoms with Crippen LogP contribution in [0.25, 0.3) is 5.57 Å². The van der Waals surface area contributed by atoms with E-state index in [1.54, 1.807) is 6.92 Å². The van der Waals surface area contributed by atoms with E-state index in [1.165, 1.54) is 40.1 Å². The summed E-state index contributed by atoms with van der Waals surface area (Å²) in [6, 6.07) is 0. The predicted molar refractivity (Wildman–Crippen MR) is 81.4 cm³/mol. The Balaban J connectivity index is 0.00000529. The van der Waals surface area contributed by atoms with E-state index in [2.05, 4.69) is 31.3 Å².